The average molecular weight is 357 g/mol. The molecule has 3 rings (SSSR count). The normalized spacial score (nSPS) is 17.3. The number of hydrogen-bond acceptors (Lipinski definition) is 5. The van der Waals surface area contributed by atoms with Crippen LogP contribution in [-0.2, 0) is 16.1 Å². The molecule has 1 amide bonds. The van der Waals surface area contributed by atoms with Crippen LogP contribution >= 0.6 is 11.3 Å². The predicted octanol–water partition coefficient (Wildman–Crippen LogP) is 3.63. The van der Waals surface area contributed by atoms with Crippen LogP contribution in [0.15, 0.2) is 53.1 Å². The van der Waals surface area contributed by atoms with Crippen molar-refractivity contribution in [2.24, 2.45) is 0 Å². The SMILES string of the molecule is CCC(=O)C1=C(O)C(=O)N(Cc2cccs2)C1c1ccccc1OC. The van der Waals surface area contributed by atoms with Gasteiger partial charge in [-0.15, -0.1) is 11.3 Å². The molecule has 0 aliphatic carbocycles. The van der Waals surface area contributed by atoms with E-state index < -0.39 is 17.7 Å². The number of Topliss-reactive ketones (excluding diaryl/α,β-unsaturated/α-hetero) is 1. The number of nitrogens with zero attached hydrogens (tertiary/aromatic N) is 1. The van der Waals surface area contributed by atoms with E-state index in [0.29, 0.717) is 17.9 Å². The van der Waals surface area contributed by atoms with Gasteiger partial charge in [0.2, 0.25) is 0 Å². The highest BCUT2D eigenvalue weighted by Gasteiger charge is 2.44. The third-order valence-electron chi connectivity index (χ3n) is 4.26. The predicted molar refractivity (Wildman–Crippen MR) is 95.6 cm³/mol. The number of ether oxygens (including phenoxy) is 1. The number of amides is 1. The molecule has 1 unspecified atom stereocenters. The Morgan fingerprint density at radius 3 is 2.68 bits per heavy atom. The molecule has 0 bridgehead atoms. The number of methoxy groups -OCH3 is 1. The van der Waals surface area contributed by atoms with Crippen LogP contribution in [0.3, 0.4) is 0 Å². The molecule has 0 saturated carbocycles. The summed E-state index contributed by atoms with van der Waals surface area (Å²) < 4.78 is 5.42. The molecule has 2 heterocycles. The van der Waals surface area contributed by atoms with Gasteiger partial charge in [0.1, 0.15) is 5.75 Å². The van der Waals surface area contributed by atoms with E-state index in [1.165, 1.54) is 16.2 Å². The van der Waals surface area contributed by atoms with Crippen molar-refractivity contribution in [2.75, 3.05) is 7.11 Å². The van der Waals surface area contributed by atoms with E-state index in [1.807, 2.05) is 35.7 Å². The first-order valence-corrected chi connectivity index (χ1v) is 8.89. The Morgan fingerprint density at radius 2 is 2.04 bits per heavy atom. The first-order chi connectivity index (χ1) is 12.1. The van der Waals surface area contributed by atoms with Crippen molar-refractivity contribution in [1.29, 1.82) is 0 Å². The average Bonchev–Trinajstić information content (AvgIpc) is 3.23. The van der Waals surface area contributed by atoms with Gasteiger partial charge in [0.15, 0.2) is 11.5 Å². The van der Waals surface area contributed by atoms with Crippen LogP contribution in [0.1, 0.15) is 29.8 Å². The van der Waals surface area contributed by atoms with E-state index in [2.05, 4.69) is 0 Å². The van der Waals surface area contributed by atoms with Crippen molar-refractivity contribution in [3.8, 4) is 5.75 Å². The van der Waals surface area contributed by atoms with E-state index in [0.717, 1.165) is 4.88 Å². The Morgan fingerprint density at radius 1 is 1.28 bits per heavy atom. The Kier molecular flexibility index (Phi) is 4.90. The lowest BCUT2D eigenvalue weighted by Crippen LogP contribution is -2.30. The number of para-hydroxylation sites is 1. The highest BCUT2D eigenvalue weighted by molar-refractivity contribution is 7.09. The number of thiophene rings is 1. The van der Waals surface area contributed by atoms with E-state index in [9.17, 15) is 14.7 Å². The van der Waals surface area contributed by atoms with Crippen LogP contribution < -0.4 is 4.74 Å². The van der Waals surface area contributed by atoms with Crippen molar-refractivity contribution in [3.63, 3.8) is 0 Å². The molecule has 1 atom stereocenters. The second-order valence-corrected chi connectivity index (χ2v) is 6.73. The molecular weight excluding hydrogens is 338 g/mol. The summed E-state index contributed by atoms with van der Waals surface area (Å²) in [5.74, 6) is -0.650. The maximum atomic E-state index is 12.7. The molecule has 1 aliphatic heterocycles. The molecule has 25 heavy (non-hydrogen) atoms. The van der Waals surface area contributed by atoms with E-state index in [1.54, 1.807) is 20.1 Å². The van der Waals surface area contributed by atoms with E-state index >= 15 is 0 Å². The lowest BCUT2D eigenvalue weighted by Gasteiger charge is -2.27. The number of aliphatic hydroxyl groups is 1. The molecule has 5 nitrogen and oxygen atoms in total. The van der Waals surface area contributed by atoms with Gasteiger partial charge < -0.3 is 14.7 Å². The molecule has 1 N–H and O–H groups in total. The van der Waals surface area contributed by atoms with Crippen molar-refractivity contribution in [2.45, 2.75) is 25.9 Å². The number of hydrogen-bond donors (Lipinski definition) is 1. The van der Waals surface area contributed by atoms with Crippen molar-refractivity contribution in [1.82, 2.24) is 4.90 Å². The van der Waals surface area contributed by atoms with Crippen LogP contribution in [0.25, 0.3) is 0 Å². The van der Waals surface area contributed by atoms with Crippen LogP contribution in [0.4, 0.5) is 0 Å². The minimum atomic E-state index is -0.654. The Labute approximate surface area is 150 Å². The molecule has 1 aromatic heterocycles. The second kappa shape index (κ2) is 7.11. The highest BCUT2D eigenvalue weighted by atomic mass is 32.1. The van der Waals surface area contributed by atoms with Gasteiger partial charge in [-0.1, -0.05) is 31.2 Å². The summed E-state index contributed by atoms with van der Waals surface area (Å²) in [6.07, 6.45) is 0.213. The topological polar surface area (TPSA) is 66.8 Å². The van der Waals surface area contributed by atoms with E-state index in [4.69, 9.17) is 4.74 Å². The minimum Gasteiger partial charge on any atom is -0.503 e. The lowest BCUT2D eigenvalue weighted by atomic mass is 9.94. The molecule has 1 aliphatic rings. The zero-order chi connectivity index (χ0) is 18.0. The molecule has 0 radical (unpaired) electrons. The van der Waals surface area contributed by atoms with Crippen molar-refractivity contribution >= 4 is 23.0 Å². The number of rotatable bonds is 6. The zero-order valence-electron chi connectivity index (χ0n) is 14.1. The van der Waals surface area contributed by atoms with Crippen LogP contribution in [0, 0.1) is 0 Å². The van der Waals surface area contributed by atoms with Gasteiger partial charge >= 0.3 is 0 Å². The first kappa shape index (κ1) is 17.2. The fourth-order valence-electron chi connectivity index (χ4n) is 3.08. The summed E-state index contributed by atoms with van der Waals surface area (Å²) in [7, 11) is 1.55. The lowest BCUT2D eigenvalue weighted by molar-refractivity contribution is -0.130. The highest BCUT2D eigenvalue weighted by Crippen LogP contribution is 2.42. The summed E-state index contributed by atoms with van der Waals surface area (Å²) in [6.45, 7) is 2.04. The minimum absolute atomic E-state index is 0.147. The number of ketones is 1. The fourth-order valence-corrected chi connectivity index (χ4v) is 3.78. The van der Waals surface area contributed by atoms with Crippen LogP contribution in [0.5, 0.6) is 5.75 Å². The Balaban J connectivity index is 2.11. The molecule has 2 aromatic rings. The summed E-state index contributed by atoms with van der Waals surface area (Å²) in [4.78, 5) is 27.6. The zero-order valence-corrected chi connectivity index (χ0v) is 14.9. The first-order valence-electron chi connectivity index (χ1n) is 8.01. The summed E-state index contributed by atoms with van der Waals surface area (Å²) in [5, 5.41) is 12.3. The molecule has 1 aromatic carbocycles. The number of carbonyl (C=O) groups excluding carboxylic acids is 2. The van der Waals surface area contributed by atoms with Gasteiger partial charge in [0.25, 0.3) is 5.91 Å². The summed E-state index contributed by atoms with van der Waals surface area (Å²) in [6, 6.07) is 10.4. The molecule has 6 heteroatoms. The van der Waals surface area contributed by atoms with Gasteiger partial charge in [-0.3, -0.25) is 9.59 Å². The largest absolute Gasteiger partial charge is 0.503 e. The van der Waals surface area contributed by atoms with Crippen molar-refractivity contribution < 1.29 is 19.4 Å². The van der Waals surface area contributed by atoms with Crippen LogP contribution in [0.2, 0.25) is 0 Å². The summed E-state index contributed by atoms with van der Waals surface area (Å²) >= 11 is 1.53. The number of aliphatic hydroxyl groups excluding tert-OH is 1. The molecular formula is C19H19NO4S. The third kappa shape index (κ3) is 3.05. The second-order valence-electron chi connectivity index (χ2n) is 5.70. The molecule has 0 fully saturated rings. The Hall–Kier alpha value is -2.60. The molecule has 130 valence electrons. The standard InChI is InChI=1S/C19H19NO4S/c1-3-14(21)16-17(13-8-4-5-9-15(13)24-2)20(19(23)18(16)22)11-12-7-6-10-25-12/h4-10,17,22H,3,11H2,1-2H3. The van der Waals surface area contributed by atoms with E-state index in [-0.39, 0.29) is 17.8 Å². The van der Waals surface area contributed by atoms with Crippen molar-refractivity contribution in [3.05, 3.63) is 63.6 Å². The quantitative estimate of drug-likeness (QED) is 0.857. The Bertz CT molecular complexity index is 826. The monoisotopic (exact) mass is 357 g/mol. The third-order valence-corrected chi connectivity index (χ3v) is 5.13. The number of benzene rings is 1. The number of carbonyl (C=O) groups is 2. The molecule has 0 saturated heterocycles. The van der Waals surface area contributed by atoms with Gasteiger partial charge in [0.05, 0.1) is 25.3 Å². The van der Waals surface area contributed by atoms with Gasteiger partial charge in [0, 0.05) is 16.9 Å². The smallest absolute Gasteiger partial charge is 0.290 e. The maximum absolute atomic E-state index is 12.7. The molecule has 0 spiro atoms. The van der Waals surface area contributed by atoms with Gasteiger partial charge in [-0.25, -0.2) is 0 Å². The van der Waals surface area contributed by atoms with Gasteiger partial charge in [-0.2, -0.15) is 0 Å². The maximum Gasteiger partial charge on any atom is 0.290 e. The summed E-state index contributed by atoms with van der Waals surface area (Å²) in [5.41, 5.74) is 0.837. The fraction of sp³-hybridized carbons (Fsp3) is 0.263. The van der Waals surface area contributed by atoms with Gasteiger partial charge in [-0.05, 0) is 17.5 Å². The van der Waals surface area contributed by atoms with Crippen LogP contribution in [-0.4, -0.2) is 28.8 Å².